The van der Waals surface area contributed by atoms with Crippen LogP contribution < -0.4 is 0 Å². The summed E-state index contributed by atoms with van der Waals surface area (Å²) < 4.78 is 31.2. The number of benzene rings is 1. The first kappa shape index (κ1) is 10.5. The highest BCUT2D eigenvalue weighted by Gasteiger charge is 2.13. The minimum Gasteiger partial charge on any atom is -0.379 e. The number of ether oxygens (including phenoxy) is 1. The molecule has 1 aromatic carbocycles. The van der Waals surface area contributed by atoms with Crippen LogP contribution in [0.15, 0.2) is 18.2 Å². The van der Waals surface area contributed by atoms with Crippen molar-refractivity contribution in [3.63, 3.8) is 0 Å². The molecule has 15 heavy (non-hydrogen) atoms. The van der Waals surface area contributed by atoms with Gasteiger partial charge in [-0.1, -0.05) is 6.07 Å². The lowest BCUT2D eigenvalue weighted by molar-refractivity contribution is 0.0337. The molecular weight excluding hydrogens is 200 g/mol. The zero-order chi connectivity index (χ0) is 10.7. The SMILES string of the molecule is Fc1ccc(CN2CCOCC2)c(F)c1. The first-order valence-corrected chi connectivity index (χ1v) is 5.00. The molecule has 1 fully saturated rings. The second kappa shape index (κ2) is 4.68. The Morgan fingerprint density at radius 3 is 2.60 bits per heavy atom. The minimum absolute atomic E-state index is 0.471. The van der Waals surface area contributed by atoms with Gasteiger partial charge in [0.25, 0.3) is 0 Å². The van der Waals surface area contributed by atoms with Crippen LogP contribution in [0.3, 0.4) is 0 Å². The molecule has 0 aliphatic carbocycles. The molecule has 0 radical (unpaired) electrons. The fraction of sp³-hybridized carbons (Fsp3) is 0.455. The van der Waals surface area contributed by atoms with Gasteiger partial charge in [-0.15, -0.1) is 0 Å². The van der Waals surface area contributed by atoms with E-state index in [1.807, 2.05) is 0 Å². The van der Waals surface area contributed by atoms with Gasteiger partial charge in [0.05, 0.1) is 13.2 Å². The van der Waals surface area contributed by atoms with Crippen molar-refractivity contribution >= 4 is 0 Å². The summed E-state index contributed by atoms with van der Waals surface area (Å²) in [6.07, 6.45) is 0. The van der Waals surface area contributed by atoms with Gasteiger partial charge in [0.2, 0.25) is 0 Å². The number of hydrogen-bond acceptors (Lipinski definition) is 2. The summed E-state index contributed by atoms with van der Waals surface area (Å²) in [4.78, 5) is 2.10. The predicted molar refractivity (Wildman–Crippen MR) is 52.5 cm³/mol. The van der Waals surface area contributed by atoms with Gasteiger partial charge in [0.15, 0.2) is 0 Å². The van der Waals surface area contributed by atoms with Crippen LogP contribution >= 0.6 is 0 Å². The molecule has 1 aliphatic rings. The van der Waals surface area contributed by atoms with Crippen LogP contribution in [-0.4, -0.2) is 31.2 Å². The van der Waals surface area contributed by atoms with E-state index in [0.29, 0.717) is 25.3 Å². The summed E-state index contributed by atoms with van der Waals surface area (Å²) in [5.41, 5.74) is 0.540. The van der Waals surface area contributed by atoms with Crippen molar-refractivity contribution in [2.75, 3.05) is 26.3 Å². The van der Waals surface area contributed by atoms with Crippen LogP contribution in [-0.2, 0) is 11.3 Å². The van der Waals surface area contributed by atoms with Crippen molar-refractivity contribution in [2.45, 2.75) is 6.54 Å². The minimum atomic E-state index is -0.529. The molecule has 0 amide bonds. The van der Waals surface area contributed by atoms with E-state index in [1.54, 1.807) is 0 Å². The molecule has 0 aromatic heterocycles. The summed E-state index contributed by atoms with van der Waals surface area (Å²) in [7, 11) is 0. The quantitative estimate of drug-likeness (QED) is 0.742. The van der Waals surface area contributed by atoms with E-state index in [4.69, 9.17) is 4.74 Å². The molecule has 82 valence electrons. The molecular formula is C11H13F2NO. The Bertz CT molecular complexity index is 337. The molecule has 0 atom stereocenters. The smallest absolute Gasteiger partial charge is 0.130 e. The largest absolute Gasteiger partial charge is 0.379 e. The van der Waals surface area contributed by atoms with E-state index in [9.17, 15) is 8.78 Å². The van der Waals surface area contributed by atoms with Crippen molar-refractivity contribution in [3.05, 3.63) is 35.4 Å². The summed E-state index contributed by atoms with van der Waals surface area (Å²) in [6.45, 7) is 3.49. The lowest BCUT2D eigenvalue weighted by atomic mass is 10.2. The molecule has 2 nitrogen and oxygen atoms in total. The second-order valence-electron chi connectivity index (χ2n) is 3.62. The van der Waals surface area contributed by atoms with Crippen LogP contribution in [0.5, 0.6) is 0 Å². The normalized spacial score (nSPS) is 18.0. The molecule has 0 spiro atoms. The Hall–Kier alpha value is -1.00. The highest BCUT2D eigenvalue weighted by Crippen LogP contribution is 2.12. The van der Waals surface area contributed by atoms with Gasteiger partial charge >= 0.3 is 0 Å². The van der Waals surface area contributed by atoms with E-state index in [1.165, 1.54) is 12.1 Å². The highest BCUT2D eigenvalue weighted by atomic mass is 19.1. The molecule has 1 aromatic rings. The van der Waals surface area contributed by atoms with Crippen LogP contribution in [0.2, 0.25) is 0 Å². The zero-order valence-electron chi connectivity index (χ0n) is 8.38. The Kier molecular flexibility index (Phi) is 3.28. The predicted octanol–water partition coefficient (Wildman–Crippen LogP) is 1.80. The Morgan fingerprint density at radius 2 is 1.93 bits per heavy atom. The number of nitrogens with zero attached hydrogens (tertiary/aromatic N) is 1. The number of morpholine rings is 1. The van der Waals surface area contributed by atoms with Gasteiger partial charge in [-0.05, 0) is 6.07 Å². The molecule has 4 heteroatoms. The third kappa shape index (κ3) is 2.73. The standard InChI is InChI=1S/C11H13F2NO/c12-10-2-1-9(11(13)7-10)8-14-3-5-15-6-4-14/h1-2,7H,3-6,8H2. The van der Waals surface area contributed by atoms with Crippen molar-refractivity contribution < 1.29 is 13.5 Å². The Morgan fingerprint density at radius 1 is 1.20 bits per heavy atom. The Balaban J connectivity index is 2.03. The topological polar surface area (TPSA) is 12.5 Å². The molecule has 0 saturated carbocycles. The van der Waals surface area contributed by atoms with Crippen molar-refractivity contribution in [1.29, 1.82) is 0 Å². The van der Waals surface area contributed by atoms with Crippen LogP contribution in [0.1, 0.15) is 5.56 Å². The maximum atomic E-state index is 13.3. The molecule has 1 aliphatic heterocycles. The van der Waals surface area contributed by atoms with Crippen molar-refractivity contribution in [2.24, 2.45) is 0 Å². The first-order valence-electron chi connectivity index (χ1n) is 5.00. The second-order valence-corrected chi connectivity index (χ2v) is 3.62. The van der Waals surface area contributed by atoms with Crippen LogP contribution in [0.25, 0.3) is 0 Å². The fourth-order valence-corrected chi connectivity index (χ4v) is 1.65. The molecule has 1 heterocycles. The molecule has 0 bridgehead atoms. The van der Waals surface area contributed by atoms with Crippen molar-refractivity contribution in [1.82, 2.24) is 4.90 Å². The van der Waals surface area contributed by atoms with E-state index in [-0.39, 0.29) is 0 Å². The van der Waals surface area contributed by atoms with Gasteiger partial charge < -0.3 is 4.74 Å². The molecule has 0 N–H and O–H groups in total. The summed E-state index contributed by atoms with van der Waals surface area (Å²) in [5, 5.41) is 0. The van der Waals surface area contributed by atoms with E-state index in [2.05, 4.69) is 4.90 Å². The van der Waals surface area contributed by atoms with Gasteiger partial charge in [0, 0.05) is 31.3 Å². The van der Waals surface area contributed by atoms with Gasteiger partial charge in [-0.25, -0.2) is 8.78 Å². The third-order valence-corrected chi connectivity index (χ3v) is 2.51. The number of rotatable bonds is 2. The summed E-state index contributed by atoms with van der Waals surface area (Å²) >= 11 is 0. The van der Waals surface area contributed by atoms with E-state index >= 15 is 0 Å². The molecule has 0 unspecified atom stereocenters. The van der Waals surface area contributed by atoms with E-state index in [0.717, 1.165) is 19.2 Å². The number of hydrogen-bond donors (Lipinski definition) is 0. The maximum absolute atomic E-state index is 13.3. The van der Waals surface area contributed by atoms with Gasteiger partial charge in [-0.3, -0.25) is 4.90 Å². The average Bonchev–Trinajstić information content (AvgIpc) is 2.24. The van der Waals surface area contributed by atoms with Crippen molar-refractivity contribution in [3.8, 4) is 0 Å². The van der Waals surface area contributed by atoms with Crippen LogP contribution in [0.4, 0.5) is 8.78 Å². The van der Waals surface area contributed by atoms with Gasteiger partial charge in [-0.2, -0.15) is 0 Å². The van der Waals surface area contributed by atoms with E-state index < -0.39 is 11.6 Å². The number of halogens is 2. The van der Waals surface area contributed by atoms with Crippen LogP contribution in [0, 0.1) is 11.6 Å². The highest BCUT2D eigenvalue weighted by molar-refractivity contribution is 5.18. The summed E-state index contributed by atoms with van der Waals surface area (Å²) in [6, 6.07) is 3.72. The average molecular weight is 213 g/mol. The lowest BCUT2D eigenvalue weighted by Crippen LogP contribution is -2.35. The third-order valence-electron chi connectivity index (χ3n) is 2.51. The zero-order valence-corrected chi connectivity index (χ0v) is 8.38. The van der Waals surface area contributed by atoms with Gasteiger partial charge in [0.1, 0.15) is 11.6 Å². The fourth-order valence-electron chi connectivity index (χ4n) is 1.65. The molecule has 2 rings (SSSR count). The Labute approximate surface area is 87.5 Å². The monoisotopic (exact) mass is 213 g/mol. The summed E-state index contributed by atoms with van der Waals surface area (Å²) in [5.74, 6) is -1.00. The maximum Gasteiger partial charge on any atom is 0.130 e. The molecule has 1 saturated heterocycles. The lowest BCUT2D eigenvalue weighted by Gasteiger charge is -2.26. The first-order chi connectivity index (χ1) is 7.25.